The molecule has 1 saturated heterocycles. The Bertz CT molecular complexity index is 294. The average Bonchev–Trinajstić information content (AvgIpc) is 2.38. The average molecular weight is 220 g/mol. The molecular formula is C13H20N2O. The van der Waals surface area contributed by atoms with Crippen molar-refractivity contribution in [2.24, 2.45) is 5.92 Å². The zero-order valence-corrected chi connectivity index (χ0v) is 9.68. The Kier molecular flexibility index (Phi) is 4.31. The molecule has 16 heavy (non-hydrogen) atoms. The lowest BCUT2D eigenvalue weighted by Gasteiger charge is -2.30. The Hall–Kier alpha value is -0.930. The summed E-state index contributed by atoms with van der Waals surface area (Å²) >= 11 is 0. The van der Waals surface area contributed by atoms with E-state index in [-0.39, 0.29) is 0 Å². The molecule has 1 aromatic heterocycles. The number of hydrogen-bond donors (Lipinski definition) is 1. The van der Waals surface area contributed by atoms with Crippen LogP contribution < -0.4 is 0 Å². The number of piperidine rings is 1. The molecule has 0 aliphatic carbocycles. The van der Waals surface area contributed by atoms with E-state index < -0.39 is 0 Å². The maximum absolute atomic E-state index is 9.06. The molecule has 2 rings (SSSR count). The highest BCUT2D eigenvalue weighted by molar-refractivity contribution is 5.08. The van der Waals surface area contributed by atoms with Crippen molar-refractivity contribution in [3.63, 3.8) is 0 Å². The molecule has 3 nitrogen and oxygen atoms in total. The fraction of sp³-hybridized carbons (Fsp3) is 0.615. The van der Waals surface area contributed by atoms with Crippen LogP contribution >= 0.6 is 0 Å². The molecule has 3 heteroatoms. The molecule has 0 amide bonds. The molecule has 2 heterocycles. The number of likely N-dealkylation sites (tertiary alicyclic amines) is 1. The van der Waals surface area contributed by atoms with Crippen LogP contribution in [-0.4, -0.2) is 41.2 Å². The predicted octanol–water partition coefficient (Wildman–Crippen LogP) is 1.33. The molecule has 0 aromatic carbocycles. The summed E-state index contributed by atoms with van der Waals surface area (Å²) in [7, 11) is 0. The first kappa shape index (κ1) is 11.6. The van der Waals surface area contributed by atoms with E-state index in [1.54, 1.807) is 0 Å². The zero-order chi connectivity index (χ0) is 11.2. The Balaban J connectivity index is 1.72. The number of aliphatic hydroxyl groups excluding tert-OH is 1. The van der Waals surface area contributed by atoms with Crippen LogP contribution in [0.15, 0.2) is 24.5 Å². The van der Waals surface area contributed by atoms with Crippen LogP contribution in [0.4, 0.5) is 0 Å². The van der Waals surface area contributed by atoms with Gasteiger partial charge in [-0.15, -0.1) is 0 Å². The summed E-state index contributed by atoms with van der Waals surface area (Å²) in [5, 5.41) is 9.06. The van der Waals surface area contributed by atoms with Crippen molar-refractivity contribution in [2.75, 3.05) is 26.2 Å². The van der Waals surface area contributed by atoms with Gasteiger partial charge in [-0.25, -0.2) is 0 Å². The summed E-state index contributed by atoms with van der Waals surface area (Å²) < 4.78 is 0. The van der Waals surface area contributed by atoms with Crippen molar-refractivity contribution in [1.82, 2.24) is 9.88 Å². The van der Waals surface area contributed by atoms with E-state index in [0.717, 1.165) is 38.9 Å². The van der Waals surface area contributed by atoms with E-state index in [1.807, 2.05) is 18.5 Å². The summed E-state index contributed by atoms with van der Waals surface area (Å²) in [6.45, 7) is 3.73. The van der Waals surface area contributed by atoms with Crippen molar-refractivity contribution < 1.29 is 5.11 Å². The Labute approximate surface area is 97.1 Å². The fourth-order valence-corrected chi connectivity index (χ4v) is 2.23. The molecular weight excluding hydrogens is 200 g/mol. The van der Waals surface area contributed by atoms with Crippen LogP contribution in [0.5, 0.6) is 0 Å². The van der Waals surface area contributed by atoms with E-state index in [4.69, 9.17) is 5.11 Å². The smallest absolute Gasteiger partial charge is 0.0460 e. The fourth-order valence-electron chi connectivity index (χ4n) is 2.23. The molecule has 0 unspecified atom stereocenters. The van der Waals surface area contributed by atoms with Gasteiger partial charge in [0.05, 0.1) is 0 Å². The largest absolute Gasteiger partial charge is 0.396 e. The first-order valence-electron chi connectivity index (χ1n) is 6.10. The summed E-state index contributed by atoms with van der Waals surface area (Å²) in [5.41, 5.74) is 1.31. The summed E-state index contributed by atoms with van der Waals surface area (Å²) in [6.07, 6.45) is 7.13. The van der Waals surface area contributed by atoms with Crippen molar-refractivity contribution in [3.05, 3.63) is 30.1 Å². The summed E-state index contributed by atoms with van der Waals surface area (Å²) in [6, 6.07) is 4.13. The predicted molar refractivity (Wildman–Crippen MR) is 64.2 cm³/mol. The van der Waals surface area contributed by atoms with Crippen LogP contribution in [0.1, 0.15) is 18.4 Å². The van der Waals surface area contributed by atoms with Gasteiger partial charge in [0.1, 0.15) is 0 Å². The van der Waals surface area contributed by atoms with E-state index in [0.29, 0.717) is 12.5 Å². The molecule has 1 aromatic rings. The molecule has 0 saturated carbocycles. The number of nitrogens with zero attached hydrogens (tertiary/aromatic N) is 2. The highest BCUT2D eigenvalue weighted by Crippen LogP contribution is 2.16. The highest BCUT2D eigenvalue weighted by Gasteiger charge is 2.17. The second-order valence-electron chi connectivity index (χ2n) is 4.58. The lowest BCUT2D eigenvalue weighted by Crippen LogP contribution is -2.36. The first-order chi connectivity index (χ1) is 7.88. The molecule has 0 atom stereocenters. The number of pyridine rings is 1. The third kappa shape index (κ3) is 3.29. The van der Waals surface area contributed by atoms with Crippen LogP contribution in [0, 0.1) is 5.92 Å². The van der Waals surface area contributed by atoms with Gasteiger partial charge in [-0.1, -0.05) is 6.07 Å². The minimum Gasteiger partial charge on any atom is -0.396 e. The molecule has 1 N–H and O–H groups in total. The third-order valence-electron chi connectivity index (χ3n) is 3.40. The van der Waals surface area contributed by atoms with Gasteiger partial charge in [0.25, 0.3) is 0 Å². The minimum absolute atomic E-state index is 0.358. The number of aromatic nitrogens is 1. The second-order valence-corrected chi connectivity index (χ2v) is 4.58. The molecule has 1 aliphatic rings. The standard InChI is InChI=1S/C13H20N2O/c16-11-13-4-8-15(9-5-13)7-3-12-2-1-6-14-10-12/h1-2,6,10,13,16H,3-5,7-9,11H2. The Morgan fingerprint density at radius 3 is 2.81 bits per heavy atom. The van der Waals surface area contributed by atoms with E-state index >= 15 is 0 Å². The van der Waals surface area contributed by atoms with E-state index in [9.17, 15) is 0 Å². The monoisotopic (exact) mass is 220 g/mol. The van der Waals surface area contributed by atoms with Gasteiger partial charge in [0.15, 0.2) is 0 Å². The van der Waals surface area contributed by atoms with Crippen LogP contribution in [0.2, 0.25) is 0 Å². The SMILES string of the molecule is OCC1CCN(CCc2cccnc2)CC1. The van der Waals surface area contributed by atoms with Crippen molar-refractivity contribution in [1.29, 1.82) is 0 Å². The molecule has 0 bridgehead atoms. The van der Waals surface area contributed by atoms with Crippen LogP contribution in [0.25, 0.3) is 0 Å². The quantitative estimate of drug-likeness (QED) is 0.831. The van der Waals surface area contributed by atoms with Gasteiger partial charge < -0.3 is 10.0 Å². The maximum atomic E-state index is 9.06. The molecule has 1 aliphatic heterocycles. The molecule has 1 fully saturated rings. The van der Waals surface area contributed by atoms with Crippen molar-refractivity contribution in [2.45, 2.75) is 19.3 Å². The Morgan fingerprint density at radius 2 is 2.19 bits per heavy atom. The van der Waals surface area contributed by atoms with Gasteiger partial charge >= 0.3 is 0 Å². The summed E-state index contributed by atoms with van der Waals surface area (Å²) in [4.78, 5) is 6.61. The number of aliphatic hydroxyl groups is 1. The van der Waals surface area contributed by atoms with Crippen molar-refractivity contribution >= 4 is 0 Å². The number of rotatable bonds is 4. The lowest BCUT2D eigenvalue weighted by atomic mass is 9.98. The molecule has 88 valence electrons. The first-order valence-corrected chi connectivity index (χ1v) is 6.10. The van der Waals surface area contributed by atoms with Crippen LogP contribution in [0.3, 0.4) is 0 Å². The van der Waals surface area contributed by atoms with Crippen molar-refractivity contribution in [3.8, 4) is 0 Å². The topological polar surface area (TPSA) is 36.4 Å². The molecule has 0 radical (unpaired) electrons. The van der Waals surface area contributed by atoms with Crippen LogP contribution in [-0.2, 0) is 6.42 Å². The third-order valence-corrected chi connectivity index (χ3v) is 3.40. The van der Waals surface area contributed by atoms with Gasteiger partial charge in [-0.05, 0) is 49.9 Å². The normalized spacial score (nSPS) is 18.8. The Morgan fingerprint density at radius 1 is 1.38 bits per heavy atom. The lowest BCUT2D eigenvalue weighted by molar-refractivity contribution is 0.132. The number of hydrogen-bond acceptors (Lipinski definition) is 3. The summed E-state index contributed by atoms with van der Waals surface area (Å²) in [5.74, 6) is 0.537. The second kappa shape index (κ2) is 5.97. The minimum atomic E-state index is 0.358. The van der Waals surface area contributed by atoms with Gasteiger partial charge in [-0.2, -0.15) is 0 Å². The molecule has 0 spiro atoms. The van der Waals surface area contributed by atoms with E-state index in [2.05, 4.69) is 16.0 Å². The van der Waals surface area contributed by atoms with Gasteiger partial charge in [0, 0.05) is 25.5 Å². The zero-order valence-electron chi connectivity index (χ0n) is 9.68. The van der Waals surface area contributed by atoms with Gasteiger partial charge in [-0.3, -0.25) is 4.98 Å². The van der Waals surface area contributed by atoms with E-state index in [1.165, 1.54) is 5.56 Å². The maximum Gasteiger partial charge on any atom is 0.0460 e. The van der Waals surface area contributed by atoms with Gasteiger partial charge in [0.2, 0.25) is 0 Å². The highest BCUT2D eigenvalue weighted by atomic mass is 16.3.